The first-order valence-electron chi connectivity index (χ1n) is 4.94. The highest BCUT2D eigenvalue weighted by Crippen LogP contribution is 2.12. The van der Waals surface area contributed by atoms with Crippen molar-refractivity contribution in [2.45, 2.75) is 12.6 Å². The predicted octanol–water partition coefficient (Wildman–Crippen LogP) is 1.66. The van der Waals surface area contributed by atoms with Crippen LogP contribution in [0.15, 0.2) is 24.3 Å². The Bertz CT molecular complexity index is 373. The fraction of sp³-hybridized carbons (Fsp3) is 0.364. The lowest BCUT2D eigenvalue weighted by Crippen LogP contribution is -2.33. The quantitative estimate of drug-likeness (QED) is 0.831. The summed E-state index contributed by atoms with van der Waals surface area (Å²) in [5.41, 5.74) is 0.654. The van der Waals surface area contributed by atoms with E-state index in [0.29, 0.717) is 5.56 Å². The van der Waals surface area contributed by atoms with Crippen LogP contribution in [0, 0.1) is 0 Å². The second-order valence-corrected chi connectivity index (χ2v) is 3.60. The van der Waals surface area contributed by atoms with E-state index in [1.165, 1.54) is 12.1 Å². The number of halogens is 3. The highest BCUT2D eigenvalue weighted by Gasteiger charge is 2.26. The predicted molar refractivity (Wildman–Crippen MR) is 55.7 cm³/mol. The average molecular weight is 247 g/mol. The first-order valence-corrected chi connectivity index (χ1v) is 4.94. The van der Waals surface area contributed by atoms with Gasteiger partial charge in [-0.3, -0.25) is 4.79 Å². The molecule has 0 bridgehead atoms. The van der Waals surface area contributed by atoms with E-state index in [9.17, 15) is 18.0 Å². The summed E-state index contributed by atoms with van der Waals surface area (Å²) in [5.74, 6) is -0.253. The third kappa shape index (κ3) is 5.91. The Morgan fingerprint density at radius 1 is 1.24 bits per heavy atom. The molecule has 0 aliphatic carbocycles. The third-order valence-corrected chi connectivity index (χ3v) is 1.99. The number of benzene rings is 1. The summed E-state index contributed by atoms with van der Waals surface area (Å²) in [6.45, 7) is -1.49. The van der Waals surface area contributed by atoms with Crippen LogP contribution >= 0.6 is 0 Å². The van der Waals surface area contributed by atoms with Gasteiger partial charge >= 0.3 is 6.18 Å². The molecule has 0 saturated carbocycles. The molecule has 6 heteroatoms. The van der Waals surface area contributed by atoms with Crippen molar-refractivity contribution < 1.29 is 23.1 Å². The van der Waals surface area contributed by atoms with Gasteiger partial charge in [0.25, 0.3) is 0 Å². The van der Waals surface area contributed by atoms with Crippen molar-refractivity contribution in [3.63, 3.8) is 0 Å². The third-order valence-electron chi connectivity index (χ3n) is 1.99. The smallest absolute Gasteiger partial charge is 0.401 e. The van der Waals surface area contributed by atoms with Crippen LogP contribution in [-0.4, -0.2) is 30.2 Å². The van der Waals surface area contributed by atoms with Crippen molar-refractivity contribution in [3.05, 3.63) is 29.8 Å². The number of alkyl halides is 3. The first-order chi connectivity index (χ1) is 7.87. The molecule has 17 heavy (non-hydrogen) atoms. The lowest BCUT2D eigenvalue weighted by molar-refractivity contribution is -0.127. The normalized spacial score (nSPS) is 11.5. The molecule has 2 N–H and O–H groups in total. The number of aromatic hydroxyl groups is 1. The summed E-state index contributed by atoms with van der Waals surface area (Å²) in [4.78, 5) is 11.3. The molecule has 0 atom stereocenters. The minimum Gasteiger partial charge on any atom is -0.508 e. The fourth-order valence-electron chi connectivity index (χ4n) is 1.25. The molecule has 0 unspecified atom stereocenters. The van der Waals surface area contributed by atoms with Gasteiger partial charge in [0.1, 0.15) is 5.75 Å². The topological polar surface area (TPSA) is 49.3 Å². The minimum atomic E-state index is -4.31. The van der Waals surface area contributed by atoms with Gasteiger partial charge in [0.15, 0.2) is 5.78 Å². The zero-order chi connectivity index (χ0) is 12.9. The van der Waals surface area contributed by atoms with Crippen LogP contribution in [0.5, 0.6) is 5.75 Å². The number of hydrogen-bond acceptors (Lipinski definition) is 3. The molecule has 0 aliphatic heterocycles. The van der Waals surface area contributed by atoms with Crippen LogP contribution in [0.1, 0.15) is 5.56 Å². The molecule has 0 radical (unpaired) electrons. The van der Waals surface area contributed by atoms with E-state index in [1.807, 2.05) is 5.32 Å². The summed E-state index contributed by atoms with van der Waals surface area (Å²) in [6, 6.07) is 5.95. The molecule has 1 rings (SSSR count). The summed E-state index contributed by atoms with van der Waals surface area (Å²) in [7, 11) is 0. The Balaban J connectivity index is 2.32. The van der Waals surface area contributed by atoms with Gasteiger partial charge in [-0.05, 0) is 17.7 Å². The maximum atomic E-state index is 11.8. The van der Waals surface area contributed by atoms with Gasteiger partial charge in [0.2, 0.25) is 0 Å². The van der Waals surface area contributed by atoms with Crippen molar-refractivity contribution in [3.8, 4) is 5.75 Å². The number of Topliss-reactive ketones (excluding diaryl/α,β-unsaturated/α-hetero) is 1. The summed E-state index contributed by atoms with van der Waals surface area (Å²) in [6.07, 6.45) is -4.26. The van der Waals surface area contributed by atoms with Gasteiger partial charge in [-0.1, -0.05) is 12.1 Å². The summed E-state index contributed by atoms with van der Waals surface area (Å²) >= 11 is 0. The molecule has 1 aromatic rings. The van der Waals surface area contributed by atoms with E-state index in [0.717, 1.165) is 0 Å². The van der Waals surface area contributed by atoms with E-state index in [-0.39, 0.29) is 24.5 Å². The Kier molecular flexibility index (Phi) is 4.51. The van der Waals surface area contributed by atoms with Gasteiger partial charge in [-0.25, -0.2) is 0 Å². The number of rotatable bonds is 5. The largest absolute Gasteiger partial charge is 0.508 e. The van der Waals surface area contributed by atoms with Crippen LogP contribution in [0.2, 0.25) is 0 Å². The highest BCUT2D eigenvalue weighted by atomic mass is 19.4. The standard InChI is InChI=1S/C11H12F3NO2/c12-11(13,14)7-15-6-10(17)5-8-1-3-9(16)4-2-8/h1-4,15-16H,5-7H2. The van der Waals surface area contributed by atoms with Crippen LogP contribution in [-0.2, 0) is 11.2 Å². The SMILES string of the molecule is O=C(CNCC(F)(F)F)Cc1ccc(O)cc1. The molecule has 0 aromatic heterocycles. The van der Waals surface area contributed by atoms with Crippen LogP contribution in [0.3, 0.4) is 0 Å². The number of nitrogens with one attached hydrogen (secondary N) is 1. The van der Waals surface area contributed by atoms with Crippen molar-refractivity contribution in [2.75, 3.05) is 13.1 Å². The number of carbonyl (C=O) groups is 1. The van der Waals surface area contributed by atoms with E-state index in [2.05, 4.69) is 0 Å². The molecule has 0 fully saturated rings. The monoisotopic (exact) mass is 247 g/mol. The molecule has 0 spiro atoms. The van der Waals surface area contributed by atoms with E-state index < -0.39 is 12.7 Å². The van der Waals surface area contributed by atoms with E-state index in [4.69, 9.17) is 5.11 Å². The molecule has 0 saturated heterocycles. The van der Waals surface area contributed by atoms with Crippen LogP contribution < -0.4 is 5.32 Å². The Hall–Kier alpha value is -1.56. The zero-order valence-electron chi connectivity index (χ0n) is 8.92. The lowest BCUT2D eigenvalue weighted by Gasteiger charge is -2.07. The number of carbonyl (C=O) groups excluding carboxylic acids is 1. The number of phenols is 1. The van der Waals surface area contributed by atoms with Crippen LogP contribution in [0.25, 0.3) is 0 Å². The highest BCUT2D eigenvalue weighted by molar-refractivity contribution is 5.82. The second-order valence-electron chi connectivity index (χ2n) is 3.60. The molecule has 0 heterocycles. The molecular weight excluding hydrogens is 235 g/mol. The maximum Gasteiger partial charge on any atom is 0.401 e. The van der Waals surface area contributed by atoms with Crippen LogP contribution in [0.4, 0.5) is 13.2 Å². The lowest BCUT2D eigenvalue weighted by atomic mass is 10.1. The molecule has 94 valence electrons. The van der Waals surface area contributed by atoms with Gasteiger partial charge in [0, 0.05) is 6.42 Å². The minimum absolute atomic E-state index is 0.0468. The van der Waals surface area contributed by atoms with E-state index in [1.54, 1.807) is 12.1 Å². The van der Waals surface area contributed by atoms with Crippen molar-refractivity contribution in [1.82, 2.24) is 5.32 Å². The van der Waals surface area contributed by atoms with Gasteiger partial charge < -0.3 is 10.4 Å². The van der Waals surface area contributed by atoms with Crippen molar-refractivity contribution >= 4 is 5.78 Å². The van der Waals surface area contributed by atoms with Gasteiger partial charge in [0.05, 0.1) is 13.1 Å². The first kappa shape index (κ1) is 13.5. The number of phenolic OH excluding ortho intramolecular Hbond substituents is 1. The molecular formula is C11H12F3NO2. The molecule has 3 nitrogen and oxygen atoms in total. The van der Waals surface area contributed by atoms with E-state index >= 15 is 0 Å². The Labute approximate surface area is 96.3 Å². The van der Waals surface area contributed by atoms with Crippen molar-refractivity contribution in [1.29, 1.82) is 0 Å². The van der Waals surface area contributed by atoms with Crippen molar-refractivity contribution in [2.24, 2.45) is 0 Å². The summed E-state index contributed by atoms with van der Waals surface area (Å²) in [5, 5.41) is 11.0. The van der Waals surface area contributed by atoms with Gasteiger partial charge in [-0.15, -0.1) is 0 Å². The van der Waals surface area contributed by atoms with Gasteiger partial charge in [-0.2, -0.15) is 13.2 Å². The molecule has 0 aliphatic rings. The molecule has 1 aromatic carbocycles. The zero-order valence-corrected chi connectivity index (χ0v) is 8.92. The fourth-order valence-corrected chi connectivity index (χ4v) is 1.25. The summed E-state index contributed by atoms with van der Waals surface area (Å²) < 4.78 is 35.3. The maximum absolute atomic E-state index is 11.8. The second kappa shape index (κ2) is 5.67. The number of ketones is 1. The Morgan fingerprint density at radius 3 is 2.35 bits per heavy atom. The average Bonchev–Trinajstić information content (AvgIpc) is 2.19. The Morgan fingerprint density at radius 2 is 1.82 bits per heavy atom. The molecule has 0 amide bonds. The number of hydrogen-bond donors (Lipinski definition) is 2.